The van der Waals surface area contributed by atoms with E-state index in [9.17, 15) is 0 Å². The highest BCUT2D eigenvalue weighted by Crippen LogP contribution is 1.78. The molecule has 0 unspecified atom stereocenters. The molecule has 0 rings (SSSR count). The van der Waals surface area contributed by atoms with Crippen LogP contribution in [0.5, 0.6) is 0 Å². The van der Waals surface area contributed by atoms with Crippen molar-refractivity contribution in [1.29, 1.82) is 0 Å². The number of guanidine groups is 2. The lowest BCUT2D eigenvalue weighted by molar-refractivity contribution is 0.910. The van der Waals surface area contributed by atoms with Crippen molar-refractivity contribution in [2.75, 3.05) is 13.1 Å². The molecule has 5 N–H and O–H groups in total. The average molecular weight is 213 g/mol. The highest BCUT2D eigenvalue weighted by atomic mass is 15.2. The van der Waals surface area contributed by atoms with Gasteiger partial charge >= 0.3 is 0 Å². The fourth-order valence-electron chi connectivity index (χ4n) is 0.675. The number of nitrogens with zero attached hydrogens (tertiary/aromatic N) is 2. The van der Waals surface area contributed by atoms with Gasteiger partial charge in [0.2, 0.25) is 0 Å². The van der Waals surface area contributed by atoms with E-state index < -0.39 is 0 Å². The SMILES string of the molecule is C=C.CCCN=C(N)NC(N)=NCCC. The third-order valence-electron chi connectivity index (χ3n) is 1.27. The van der Waals surface area contributed by atoms with E-state index in [-0.39, 0.29) is 0 Å². The quantitative estimate of drug-likeness (QED) is 0.367. The molecule has 0 fully saturated rings. The Morgan fingerprint density at radius 1 is 1.00 bits per heavy atom. The normalized spacial score (nSPS) is 11.6. The molecule has 0 atom stereocenters. The van der Waals surface area contributed by atoms with Crippen molar-refractivity contribution in [3.05, 3.63) is 13.2 Å². The Bertz CT molecular complexity index is 178. The molecule has 0 aromatic rings. The molecular formula is C10H23N5. The fraction of sp³-hybridized carbons (Fsp3) is 0.600. The number of hydrogen-bond donors (Lipinski definition) is 3. The molecule has 0 radical (unpaired) electrons. The maximum absolute atomic E-state index is 5.51. The molecule has 0 aromatic carbocycles. The molecule has 0 spiro atoms. The van der Waals surface area contributed by atoms with E-state index in [1.165, 1.54) is 0 Å². The minimum atomic E-state index is 0.333. The number of hydrogen-bond acceptors (Lipinski definition) is 2. The Morgan fingerprint density at radius 2 is 1.33 bits per heavy atom. The first-order valence-electron chi connectivity index (χ1n) is 5.07. The lowest BCUT2D eigenvalue weighted by Gasteiger charge is -2.03. The average Bonchev–Trinajstić information content (AvgIpc) is 2.26. The second-order valence-corrected chi connectivity index (χ2v) is 2.66. The molecule has 0 aliphatic heterocycles. The van der Waals surface area contributed by atoms with E-state index in [4.69, 9.17) is 11.5 Å². The van der Waals surface area contributed by atoms with Gasteiger partial charge in [-0.05, 0) is 12.8 Å². The van der Waals surface area contributed by atoms with Gasteiger partial charge in [-0.25, -0.2) is 0 Å². The first-order chi connectivity index (χ1) is 7.20. The van der Waals surface area contributed by atoms with E-state index in [0.717, 1.165) is 12.8 Å². The van der Waals surface area contributed by atoms with Gasteiger partial charge in [-0.1, -0.05) is 13.8 Å². The van der Waals surface area contributed by atoms with Crippen molar-refractivity contribution >= 4 is 11.9 Å². The number of aliphatic imine (C=N–C) groups is 2. The van der Waals surface area contributed by atoms with Crippen LogP contribution >= 0.6 is 0 Å². The molecular weight excluding hydrogens is 190 g/mol. The van der Waals surface area contributed by atoms with E-state index in [1.807, 2.05) is 13.8 Å². The Kier molecular flexibility index (Phi) is 13.3. The van der Waals surface area contributed by atoms with Crippen LogP contribution in [0.4, 0.5) is 0 Å². The van der Waals surface area contributed by atoms with Gasteiger partial charge in [0.1, 0.15) is 0 Å². The summed E-state index contributed by atoms with van der Waals surface area (Å²) in [5.74, 6) is 0.665. The largest absolute Gasteiger partial charge is 0.370 e. The van der Waals surface area contributed by atoms with Crippen molar-refractivity contribution in [3.63, 3.8) is 0 Å². The first kappa shape index (κ1) is 15.9. The fourth-order valence-corrected chi connectivity index (χ4v) is 0.675. The van der Waals surface area contributed by atoms with E-state index in [1.54, 1.807) is 0 Å². The summed E-state index contributed by atoms with van der Waals surface area (Å²) in [5, 5.41) is 2.70. The Labute approximate surface area is 92.4 Å². The molecule has 0 amide bonds. The summed E-state index contributed by atoms with van der Waals surface area (Å²) in [7, 11) is 0. The van der Waals surface area contributed by atoms with Crippen LogP contribution in [0, 0.1) is 0 Å². The molecule has 0 heterocycles. The Morgan fingerprint density at radius 3 is 1.60 bits per heavy atom. The van der Waals surface area contributed by atoms with Crippen molar-refractivity contribution < 1.29 is 0 Å². The second kappa shape index (κ2) is 12.5. The van der Waals surface area contributed by atoms with E-state index >= 15 is 0 Å². The summed E-state index contributed by atoms with van der Waals surface area (Å²) >= 11 is 0. The predicted molar refractivity (Wildman–Crippen MR) is 68.0 cm³/mol. The standard InChI is InChI=1S/C8H19N5.C2H4/c1-3-5-11-7(9)13-8(10)12-6-4-2;1-2/h3-6H2,1-2H3,(H5,9,10,11,12,13);1-2H2. The summed E-state index contributed by atoms with van der Waals surface area (Å²) in [4.78, 5) is 8.03. The summed E-state index contributed by atoms with van der Waals surface area (Å²) in [6, 6.07) is 0. The smallest absolute Gasteiger partial charge is 0.195 e. The highest BCUT2D eigenvalue weighted by molar-refractivity contribution is 5.96. The molecule has 15 heavy (non-hydrogen) atoms. The van der Waals surface area contributed by atoms with E-state index in [2.05, 4.69) is 28.5 Å². The zero-order chi connectivity index (χ0) is 12.1. The van der Waals surface area contributed by atoms with Gasteiger partial charge in [0.05, 0.1) is 0 Å². The topological polar surface area (TPSA) is 88.8 Å². The van der Waals surface area contributed by atoms with Crippen LogP contribution in [0.15, 0.2) is 23.1 Å². The number of nitrogens with one attached hydrogen (secondary N) is 1. The van der Waals surface area contributed by atoms with Gasteiger partial charge in [0.25, 0.3) is 0 Å². The molecule has 0 aliphatic carbocycles. The molecule has 0 aromatic heterocycles. The predicted octanol–water partition coefficient (Wildman–Crippen LogP) is 0.828. The van der Waals surface area contributed by atoms with Crippen molar-refractivity contribution in [1.82, 2.24) is 5.32 Å². The molecule has 5 heteroatoms. The van der Waals surface area contributed by atoms with Crippen LogP contribution < -0.4 is 16.8 Å². The maximum atomic E-state index is 5.51. The van der Waals surface area contributed by atoms with Crippen molar-refractivity contribution in [2.24, 2.45) is 21.5 Å². The molecule has 88 valence electrons. The molecule has 0 saturated heterocycles. The molecule has 0 aliphatic rings. The van der Waals surface area contributed by atoms with Gasteiger partial charge in [-0.3, -0.25) is 15.3 Å². The highest BCUT2D eigenvalue weighted by Gasteiger charge is 1.92. The summed E-state index contributed by atoms with van der Waals surface area (Å²) < 4.78 is 0. The monoisotopic (exact) mass is 213 g/mol. The zero-order valence-electron chi connectivity index (χ0n) is 9.79. The van der Waals surface area contributed by atoms with Crippen LogP contribution in [0.1, 0.15) is 26.7 Å². The summed E-state index contributed by atoms with van der Waals surface area (Å²) in [5.41, 5.74) is 11.0. The first-order valence-corrected chi connectivity index (χ1v) is 5.07. The number of rotatable bonds is 4. The summed E-state index contributed by atoms with van der Waals surface area (Å²) in [6.07, 6.45) is 1.93. The second-order valence-electron chi connectivity index (χ2n) is 2.66. The van der Waals surface area contributed by atoms with Gasteiger partial charge in [-0.15, -0.1) is 13.2 Å². The Hall–Kier alpha value is -1.52. The lowest BCUT2D eigenvalue weighted by atomic mass is 10.5. The maximum Gasteiger partial charge on any atom is 0.195 e. The van der Waals surface area contributed by atoms with Crippen molar-refractivity contribution in [2.45, 2.75) is 26.7 Å². The van der Waals surface area contributed by atoms with Crippen molar-refractivity contribution in [3.8, 4) is 0 Å². The van der Waals surface area contributed by atoms with Crippen LogP contribution in [0.25, 0.3) is 0 Å². The Balaban J connectivity index is 0. The van der Waals surface area contributed by atoms with Crippen LogP contribution in [0.2, 0.25) is 0 Å². The molecule has 0 bridgehead atoms. The molecule has 5 nitrogen and oxygen atoms in total. The van der Waals surface area contributed by atoms with Gasteiger partial charge < -0.3 is 11.5 Å². The third-order valence-corrected chi connectivity index (χ3v) is 1.27. The number of nitrogens with two attached hydrogens (primary N) is 2. The minimum absolute atomic E-state index is 0.333. The van der Waals surface area contributed by atoms with E-state index in [0.29, 0.717) is 25.0 Å². The van der Waals surface area contributed by atoms with Gasteiger partial charge in [-0.2, -0.15) is 0 Å². The minimum Gasteiger partial charge on any atom is -0.370 e. The summed E-state index contributed by atoms with van der Waals surface area (Å²) in [6.45, 7) is 11.5. The molecule has 0 saturated carbocycles. The van der Waals surface area contributed by atoms with Gasteiger partial charge in [0, 0.05) is 13.1 Å². The van der Waals surface area contributed by atoms with Crippen LogP contribution in [-0.2, 0) is 0 Å². The van der Waals surface area contributed by atoms with Crippen LogP contribution in [-0.4, -0.2) is 25.0 Å². The van der Waals surface area contributed by atoms with Gasteiger partial charge in [0.15, 0.2) is 11.9 Å². The third kappa shape index (κ3) is 12.5. The van der Waals surface area contributed by atoms with Crippen LogP contribution in [0.3, 0.4) is 0 Å². The zero-order valence-corrected chi connectivity index (χ0v) is 9.79. The lowest BCUT2D eigenvalue weighted by Crippen LogP contribution is -2.41.